The zero-order valence-electron chi connectivity index (χ0n) is 19.8. The number of benzene rings is 3. The van der Waals surface area contributed by atoms with Gasteiger partial charge in [0.15, 0.2) is 0 Å². The monoisotopic (exact) mass is 497 g/mol. The van der Waals surface area contributed by atoms with Gasteiger partial charge in [0.05, 0.1) is 18.4 Å². The Morgan fingerprint density at radius 1 is 1.11 bits per heavy atom. The van der Waals surface area contributed by atoms with Gasteiger partial charge in [-0.25, -0.2) is 4.39 Å². The molecular weight excluding hydrogens is 474 g/mol. The molecule has 0 unspecified atom stereocenters. The lowest BCUT2D eigenvalue weighted by molar-refractivity contribution is -0.137. The van der Waals surface area contributed by atoms with Crippen molar-refractivity contribution in [2.75, 3.05) is 11.9 Å². The van der Waals surface area contributed by atoms with Gasteiger partial charge in [-0.3, -0.25) is 4.79 Å². The number of rotatable bonds is 6. The summed E-state index contributed by atoms with van der Waals surface area (Å²) < 4.78 is 64.1. The topological polar surface area (TPSA) is 51.5 Å². The van der Waals surface area contributed by atoms with Crippen LogP contribution in [0.15, 0.2) is 71.4 Å². The van der Waals surface area contributed by atoms with E-state index in [1.54, 1.807) is 25.3 Å². The van der Waals surface area contributed by atoms with Gasteiger partial charge in [-0.05, 0) is 68.3 Å². The maximum Gasteiger partial charge on any atom is 0.416 e. The molecule has 1 heterocycles. The van der Waals surface area contributed by atoms with Crippen molar-refractivity contribution in [3.05, 3.63) is 89.4 Å². The molecule has 8 heteroatoms. The van der Waals surface area contributed by atoms with Gasteiger partial charge in [-0.1, -0.05) is 18.2 Å². The first kappa shape index (κ1) is 25.0. The molecule has 4 nitrogen and oxygen atoms in total. The highest BCUT2D eigenvalue weighted by Crippen LogP contribution is 2.41. The molecule has 0 fully saturated rings. The summed E-state index contributed by atoms with van der Waals surface area (Å²) in [6.45, 7) is 5.75. The van der Waals surface area contributed by atoms with Gasteiger partial charge in [-0.2, -0.15) is 13.2 Å². The van der Waals surface area contributed by atoms with Crippen LogP contribution in [-0.2, 0) is 11.0 Å². The number of fused-ring (bicyclic) bond motifs is 1. The van der Waals surface area contributed by atoms with Crippen LogP contribution in [0.5, 0.6) is 5.75 Å². The molecule has 0 aliphatic heterocycles. The fourth-order valence-corrected chi connectivity index (χ4v) is 4.02. The number of carbonyl (C=O) groups excluding carboxylic acids is 1. The van der Waals surface area contributed by atoms with Crippen molar-refractivity contribution >= 4 is 28.1 Å². The lowest BCUT2D eigenvalue weighted by Gasteiger charge is -2.15. The average molecular weight is 497 g/mol. The third-order valence-corrected chi connectivity index (χ3v) is 5.72. The summed E-state index contributed by atoms with van der Waals surface area (Å²) in [5, 5.41) is 3.24. The van der Waals surface area contributed by atoms with Crippen molar-refractivity contribution in [3.63, 3.8) is 0 Å². The molecule has 0 saturated heterocycles. The van der Waals surface area contributed by atoms with Crippen molar-refractivity contribution in [2.45, 2.75) is 26.9 Å². The minimum Gasteiger partial charge on any atom is -0.493 e. The van der Waals surface area contributed by atoms with E-state index < -0.39 is 17.6 Å². The number of ether oxygens (including phenoxy) is 1. The second-order valence-electron chi connectivity index (χ2n) is 8.24. The zero-order valence-corrected chi connectivity index (χ0v) is 19.8. The Balaban J connectivity index is 1.73. The van der Waals surface area contributed by atoms with Crippen molar-refractivity contribution in [3.8, 4) is 16.9 Å². The summed E-state index contributed by atoms with van der Waals surface area (Å²) in [6, 6.07) is 12.3. The van der Waals surface area contributed by atoms with Gasteiger partial charge in [0.2, 0.25) is 5.91 Å². The number of amides is 1. The van der Waals surface area contributed by atoms with Gasteiger partial charge in [0.25, 0.3) is 0 Å². The van der Waals surface area contributed by atoms with E-state index in [4.69, 9.17) is 9.15 Å². The Morgan fingerprint density at radius 3 is 2.50 bits per heavy atom. The van der Waals surface area contributed by atoms with Crippen LogP contribution in [0.25, 0.3) is 27.7 Å². The van der Waals surface area contributed by atoms with Crippen molar-refractivity contribution in [1.82, 2.24) is 0 Å². The Morgan fingerprint density at radius 2 is 1.83 bits per heavy atom. The van der Waals surface area contributed by atoms with E-state index in [1.165, 1.54) is 30.3 Å². The number of alkyl halides is 3. The number of furan rings is 1. The van der Waals surface area contributed by atoms with Crippen LogP contribution in [-0.4, -0.2) is 12.5 Å². The molecule has 0 radical (unpaired) electrons. The van der Waals surface area contributed by atoms with Gasteiger partial charge < -0.3 is 14.5 Å². The Hall–Kier alpha value is -4.07. The lowest BCUT2D eigenvalue weighted by atomic mass is 9.96. The van der Waals surface area contributed by atoms with Crippen molar-refractivity contribution in [1.29, 1.82) is 0 Å². The average Bonchev–Trinajstić information content (AvgIpc) is 3.25. The predicted octanol–water partition coefficient (Wildman–Crippen LogP) is 8.01. The smallest absolute Gasteiger partial charge is 0.416 e. The highest BCUT2D eigenvalue weighted by Gasteiger charge is 2.30. The number of nitrogens with one attached hydrogen (secondary N) is 1. The van der Waals surface area contributed by atoms with Crippen LogP contribution >= 0.6 is 0 Å². The highest BCUT2D eigenvalue weighted by atomic mass is 19.4. The summed E-state index contributed by atoms with van der Waals surface area (Å²) in [7, 11) is 0. The summed E-state index contributed by atoms with van der Waals surface area (Å²) in [5.41, 5.74) is 3.18. The number of carbonyl (C=O) groups is 1. The summed E-state index contributed by atoms with van der Waals surface area (Å²) in [6.07, 6.45) is -1.62. The fourth-order valence-electron chi connectivity index (χ4n) is 4.02. The van der Waals surface area contributed by atoms with Crippen molar-refractivity contribution < 1.29 is 31.5 Å². The van der Waals surface area contributed by atoms with Crippen LogP contribution in [0.1, 0.15) is 30.5 Å². The number of hydrogen-bond acceptors (Lipinski definition) is 3. The standard InChI is InChI=1S/C28H23F4NO3/c1-4-35-26-17(3)27-23(24(15-36-27)18-8-10-20(29)11-9-18)14-22(26)16(2)12-25(34)33-21-7-5-6-19(13-21)28(30,31)32/h5-15H,4H2,1-3H3,(H,33,34)/b16-12+. The second kappa shape index (κ2) is 9.89. The number of anilines is 1. The normalized spacial score (nSPS) is 12.1. The van der Waals surface area contributed by atoms with Gasteiger partial charge in [-0.15, -0.1) is 0 Å². The fraction of sp³-hybridized carbons (Fsp3) is 0.179. The lowest BCUT2D eigenvalue weighted by Crippen LogP contribution is -2.11. The maximum absolute atomic E-state index is 13.4. The SMILES string of the molecule is CCOc1c(/C(C)=C/C(=O)Nc2cccc(C(F)(F)F)c2)cc2c(-c3ccc(F)cc3)coc2c1C. The zero-order chi connectivity index (χ0) is 26.0. The van der Waals surface area contributed by atoms with E-state index in [9.17, 15) is 22.4 Å². The number of halogens is 4. The first-order valence-electron chi connectivity index (χ1n) is 11.2. The molecule has 186 valence electrons. The Bertz CT molecular complexity index is 1450. The Labute approximate surface area is 205 Å². The van der Waals surface area contributed by atoms with E-state index in [0.29, 0.717) is 29.1 Å². The van der Waals surface area contributed by atoms with Crippen molar-refractivity contribution in [2.24, 2.45) is 0 Å². The summed E-state index contributed by atoms with van der Waals surface area (Å²) >= 11 is 0. The van der Waals surface area contributed by atoms with Crippen LogP contribution in [0.4, 0.5) is 23.2 Å². The first-order valence-corrected chi connectivity index (χ1v) is 11.2. The third-order valence-electron chi connectivity index (χ3n) is 5.72. The van der Waals surface area contributed by atoms with E-state index in [-0.39, 0.29) is 11.5 Å². The molecular formula is C28H23F4NO3. The molecule has 0 spiro atoms. The maximum atomic E-state index is 13.4. The Kier molecular flexibility index (Phi) is 6.88. The molecule has 0 atom stereocenters. The third kappa shape index (κ3) is 5.12. The van der Waals surface area contributed by atoms with Gasteiger partial charge in [0.1, 0.15) is 17.1 Å². The largest absolute Gasteiger partial charge is 0.493 e. The van der Waals surface area contributed by atoms with E-state index in [1.807, 2.05) is 19.9 Å². The highest BCUT2D eigenvalue weighted by molar-refractivity contribution is 6.06. The van der Waals surface area contributed by atoms with Crippen LogP contribution in [0, 0.1) is 12.7 Å². The number of allylic oxidation sites excluding steroid dienone is 1. The van der Waals surface area contributed by atoms with Gasteiger partial charge in [0, 0.05) is 33.8 Å². The molecule has 1 aromatic heterocycles. The van der Waals surface area contributed by atoms with E-state index >= 15 is 0 Å². The van der Waals surface area contributed by atoms with Crippen LogP contribution in [0.3, 0.4) is 0 Å². The van der Waals surface area contributed by atoms with E-state index in [2.05, 4.69) is 5.32 Å². The summed E-state index contributed by atoms with van der Waals surface area (Å²) in [4.78, 5) is 12.7. The molecule has 0 bridgehead atoms. The molecule has 0 aliphatic carbocycles. The molecule has 0 saturated carbocycles. The molecule has 3 aromatic carbocycles. The quantitative estimate of drug-likeness (QED) is 0.217. The summed E-state index contributed by atoms with van der Waals surface area (Å²) in [5.74, 6) is -0.406. The molecule has 4 rings (SSSR count). The minimum atomic E-state index is -4.52. The molecule has 0 aliphatic rings. The van der Waals surface area contributed by atoms with Crippen LogP contribution < -0.4 is 10.1 Å². The van der Waals surface area contributed by atoms with E-state index in [0.717, 1.165) is 34.2 Å². The van der Waals surface area contributed by atoms with Gasteiger partial charge >= 0.3 is 6.18 Å². The molecule has 4 aromatic rings. The van der Waals surface area contributed by atoms with Crippen LogP contribution in [0.2, 0.25) is 0 Å². The predicted molar refractivity (Wildman–Crippen MR) is 131 cm³/mol. The molecule has 36 heavy (non-hydrogen) atoms. The molecule has 1 N–H and O–H groups in total. The molecule has 1 amide bonds. The second-order valence-corrected chi connectivity index (χ2v) is 8.24. The number of aryl methyl sites for hydroxylation is 1. The first-order chi connectivity index (χ1) is 17.1. The minimum absolute atomic E-state index is 0.0315. The number of hydrogen-bond donors (Lipinski definition) is 1.